The maximum atomic E-state index is 2.43. The molecule has 0 saturated carbocycles. The summed E-state index contributed by atoms with van der Waals surface area (Å²) in [4.78, 5) is 9.95. The largest absolute Gasteiger partial charge is 0.309 e. The lowest BCUT2D eigenvalue weighted by atomic mass is 9.94. The van der Waals surface area contributed by atoms with Crippen molar-refractivity contribution >= 4 is 78.3 Å². The van der Waals surface area contributed by atoms with Gasteiger partial charge in [-0.25, -0.2) is 0 Å². The quantitative estimate of drug-likeness (QED) is 0.107. The fourth-order valence-corrected chi connectivity index (χ4v) is 9.85. The lowest BCUT2D eigenvalue weighted by Gasteiger charge is -2.33. The van der Waals surface area contributed by atoms with E-state index in [2.05, 4.69) is 228 Å². The first-order chi connectivity index (χ1) is 27.8. The maximum absolute atomic E-state index is 2.43. The van der Waals surface area contributed by atoms with Crippen molar-refractivity contribution in [2.24, 2.45) is 0 Å². The summed E-state index contributed by atoms with van der Waals surface area (Å²) in [7, 11) is 0. The molecule has 0 radical (unpaired) electrons. The average Bonchev–Trinajstić information content (AvgIpc) is 3.98. The van der Waals surface area contributed by atoms with Crippen molar-refractivity contribution in [3.05, 3.63) is 218 Å². The third-order valence-electron chi connectivity index (χ3n) is 10.3. The second-order valence-electron chi connectivity index (χ2n) is 13.7. The van der Waals surface area contributed by atoms with E-state index in [0.29, 0.717) is 0 Å². The van der Waals surface area contributed by atoms with Gasteiger partial charge in [0, 0.05) is 63.8 Å². The molecule has 4 heteroatoms. The average molecular weight is 753 g/mol. The van der Waals surface area contributed by atoms with Crippen LogP contribution in [0.2, 0.25) is 0 Å². The third kappa shape index (κ3) is 6.25. The minimum atomic E-state index is 1.11. The number of nitrogens with zero attached hydrogens (tertiary/aromatic N) is 2. The van der Waals surface area contributed by atoms with Gasteiger partial charge in [0.15, 0.2) is 0 Å². The minimum absolute atomic E-state index is 1.11. The van der Waals surface area contributed by atoms with Crippen LogP contribution in [-0.4, -0.2) is 0 Å². The van der Waals surface area contributed by atoms with E-state index in [4.69, 9.17) is 0 Å². The van der Waals surface area contributed by atoms with Crippen LogP contribution < -0.4 is 9.80 Å². The number of para-hydroxylation sites is 4. The molecule has 0 aliphatic carbocycles. The molecule has 0 amide bonds. The highest BCUT2D eigenvalue weighted by atomic mass is 32.1. The number of anilines is 6. The summed E-state index contributed by atoms with van der Waals surface area (Å²) >= 11 is 3.71. The van der Waals surface area contributed by atoms with Gasteiger partial charge in [-0.05, 0) is 90.0 Å². The zero-order valence-corrected chi connectivity index (χ0v) is 32.1. The fraction of sp³-hybridized carbons (Fsp3) is 0. The summed E-state index contributed by atoms with van der Waals surface area (Å²) < 4.78 is 0. The topological polar surface area (TPSA) is 6.48 Å². The van der Waals surface area contributed by atoms with E-state index in [1.807, 2.05) is 22.7 Å². The van der Waals surface area contributed by atoms with Gasteiger partial charge < -0.3 is 9.80 Å². The van der Waals surface area contributed by atoms with Gasteiger partial charge in [0.2, 0.25) is 0 Å². The summed E-state index contributed by atoms with van der Waals surface area (Å²) in [5, 5.41) is 4.71. The summed E-state index contributed by atoms with van der Waals surface area (Å²) in [6.45, 7) is 0. The fourth-order valence-electron chi connectivity index (χ4n) is 7.74. The van der Waals surface area contributed by atoms with Gasteiger partial charge in [0.05, 0.1) is 11.4 Å². The van der Waals surface area contributed by atoms with E-state index >= 15 is 0 Å². The molecule has 2 aromatic heterocycles. The Kier molecular flexibility index (Phi) is 8.96. The van der Waals surface area contributed by atoms with Crippen LogP contribution in [0.1, 0.15) is 0 Å². The van der Waals surface area contributed by atoms with Crippen molar-refractivity contribution < 1.29 is 0 Å². The van der Waals surface area contributed by atoms with E-state index in [1.54, 1.807) is 0 Å². The molecule has 2 nitrogen and oxygen atoms in total. The van der Waals surface area contributed by atoms with E-state index in [0.717, 1.165) is 34.1 Å². The molecular weight excluding hydrogens is 717 g/mol. The Hall–Kier alpha value is -6.72. The number of hydrogen-bond donors (Lipinski definition) is 0. The Morgan fingerprint density at radius 3 is 1.04 bits per heavy atom. The van der Waals surface area contributed by atoms with Crippen LogP contribution in [0.25, 0.3) is 52.2 Å². The van der Waals surface area contributed by atoms with Crippen LogP contribution in [0.5, 0.6) is 0 Å². The van der Waals surface area contributed by atoms with Crippen LogP contribution in [0, 0.1) is 0 Å². The van der Waals surface area contributed by atoms with Crippen LogP contribution in [0.4, 0.5) is 34.1 Å². The number of rotatable bonds is 9. The SMILES string of the molecule is c1ccc(-c2ccc(-c3ccc(-c4ccc5c(N(c6ccccc6)c6ccccc6)c6ccccc6c(N(c6ccccc6)c6ccccc6)c5c4)s3)s2)cc1. The lowest BCUT2D eigenvalue weighted by molar-refractivity contribution is 1.29. The van der Waals surface area contributed by atoms with Gasteiger partial charge in [-0.15, -0.1) is 22.7 Å². The maximum Gasteiger partial charge on any atom is 0.0620 e. The van der Waals surface area contributed by atoms with Crippen LogP contribution in [0.3, 0.4) is 0 Å². The highest BCUT2D eigenvalue weighted by Gasteiger charge is 2.26. The molecule has 0 N–H and O–H groups in total. The summed E-state index contributed by atoms with van der Waals surface area (Å²) in [6, 6.07) is 78.8. The predicted molar refractivity (Wildman–Crippen MR) is 243 cm³/mol. The molecule has 0 bridgehead atoms. The van der Waals surface area contributed by atoms with Crippen molar-refractivity contribution in [3.63, 3.8) is 0 Å². The molecule has 0 spiro atoms. The molecule has 2 heterocycles. The Bertz CT molecular complexity index is 2820. The first-order valence-electron chi connectivity index (χ1n) is 18.8. The molecule has 0 aliphatic rings. The molecule has 0 atom stereocenters. The Morgan fingerprint density at radius 1 is 0.250 bits per heavy atom. The van der Waals surface area contributed by atoms with Gasteiger partial charge in [0.25, 0.3) is 0 Å². The number of fused-ring (bicyclic) bond motifs is 2. The van der Waals surface area contributed by atoms with Crippen LogP contribution in [0.15, 0.2) is 218 Å². The molecule has 0 unspecified atom stereocenters. The number of hydrogen-bond acceptors (Lipinski definition) is 4. The van der Waals surface area contributed by atoms with Crippen molar-refractivity contribution in [1.82, 2.24) is 0 Å². The normalized spacial score (nSPS) is 11.2. The van der Waals surface area contributed by atoms with Crippen LogP contribution >= 0.6 is 22.7 Å². The summed E-state index contributed by atoms with van der Waals surface area (Å²) in [5.41, 5.74) is 9.20. The Balaban J connectivity index is 1.24. The smallest absolute Gasteiger partial charge is 0.0620 e. The monoisotopic (exact) mass is 752 g/mol. The van der Waals surface area contributed by atoms with Gasteiger partial charge in [0.1, 0.15) is 0 Å². The standard InChI is InChI=1S/C52H36N2S2/c1-6-18-37(19-7-1)47-32-34-49(55-47)50-35-33-48(56-50)38-30-31-45-46(36-38)52(54(41-24-12-4-13-25-41)42-26-14-5-15-27-42)44-29-17-16-28-43(44)51(45)53(39-20-8-2-9-21-39)40-22-10-3-11-23-40/h1-36H. The second-order valence-corrected chi connectivity index (χ2v) is 15.9. The summed E-state index contributed by atoms with van der Waals surface area (Å²) in [5.74, 6) is 0. The van der Waals surface area contributed by atoms with E-state index in [1.165, 1.54) is 52.2 Å². The lowest BCUT2D eigenvalue weighted by Crippen LogP contribution is -2.14. The van der Waals surface area contributed by atoms with Crippen molar-refractivity contribution in [2.45, 2.75) is 0 Å². The zero-order chi connectivity index (χ0) is 37.3. The predicted octanol–water partition coefficient (Wildman–Crippen LogP) is 16.1. The first kappa shape index (κ1) is 33.8. The van der Waals surface area contributed by atoms with Gasteiger partial charge in [-0.3, -0.25) is 0 Å². The highest BCUT2D eigenvalue weighted by Crippen LogP contribution is 2.52. The minimum Gasteiger partial charge on any atom is -0.309 e. The second kappa shape index (κ2) is 14.8. The molecule has 56 heavy (non-hydrogen) atoms. The van der Waals surface area contributed by atoms with E-state index < -0.39 is 0 Å². The van der Waals surface area contributed by atoms with Crippen molar-refractivity contribution in [2.75, 3.05) is 9.80 Å². The first-order valence-corrected chi connectivity index (χ1v) is 20.5. The highest BCUT2D eigenvalue weighted by molar-refractivity contribution is 7.25. The molecular formula is C52H36N2S2. The van der Waals surface area contributed by atoms with E-state index in [-0.39, 0.29) is 0 Å². The molecule has 8 aromatic carbocycles. The molecule has 266 valence electrons. The molecule has 0 fully saturated rings. The molecule has 0 saturated heterocycles. The van der Waals surface area contributed by atoms with Crippen molar-refractivity contribution in [3.8, 4) is 30.6 Å². The molecule has 10 rings (SSSR count). The van der Waals surface area contributed by atoms with Gasteiger partial charge >= 0.3 is 0 Å². The number of thiophene rings is 2. The third-order valence-corrected chi connectivity index (χ3v) is 12.7. The van der Waals surface area contributed by atoms with Gasteiger partial charge in [-0.2, -0.15) is 0 Å². The molecule has 10 aromatic rings. The number of benzene rings is 8. The molecule has 0 aliphatic heterocycles. The van der Waals surface area contributed by atoms with Crippen LogP contribution in [-0.2, 0) is 0 Å². The van der Waals surface area contributed by atoms with Crippen molar-refractivity contribution in [1.29, 1.82) is 0 Å². The van der Waals surface area contributed by atoms with Gasteiger partial charge in [-0.1, -0.05) is 140 Å². The van der Waals surface area contributed by atoms with E-state index in [9.17, 15) is 0 Å². The summed E-state index contributed by atoms with van der Waals surface area (Å²) in [6.07, 6.45) is 0. The zero-order valence-electron chi connectivity index (χ0n) is 30.5. The Morgan fingerprint density at radius 2 is 0.589 bits per heavy atom. The Labute approximate surface area is 335 Å².